The summed E-state index contributed by atoms with van der Waals surface area (Å²) in [6.45, 7) is 6.01. The van der Waals surface area contributed by atoms with E-state index in [1.165, 1.54) is 0 Å². The third-order valence-electron chi connectivity index (χ3n) is 2.00. The molecule has 0 aliphatic carbocycles. The first kappa shape index (κ1) is 11.6. The number of aromatic nitrogens is 2. The standard InChI is InChI=1S/C9H16N4O2/c1-4-6(2)10-5-8(14)12-9-11-7(3)13-15-9/h6,10H,4-5H2,1-3H3,(H,11,12,13,14). The van der Waals surface area contributed by atoms with E-state index in [1.54, 1.807) is 6.92 Å². The lowest BCUT2D eigenvalue weighted by molar-refractivity contribution is -0.115. The second-order valence-corrected chi connectivity index (χ2v) is 3.39. The van der Waals surface area contributed by atoms with Crippen LogP contribution < -0.4 is 10.6 Å². The number of anilines is 1. The lowest BCUT2D eigenvalue weighted by atomic mass is 10.2. The lowest BCUT2D eigenvalue weighted by Gasteiger charge is -2.09. The fourth-order valence-corrected chi connectivity index (χ4v) is 0.923. The van der Waals surface area contributed by atoms with E-state index in [1.807, 2.05) is 6.92 Å². The molecule has 1 amide bonds. The molecule has 0 aliphatic rings. The van der Waals surface area contributed by atoms with E-state index in [4.69, 9.17) is 4.52 Å². The Hall–Kier alpha value is -1.43. The van der Waals surface area contributed by atoms with Crippen LogP contribution in [0.1, 0.15) is 26.1 Å². The third kappa shape index (κ3) is 4.07. The first-order valence-corrected chi connectivity index (χ1v) is 4.95. The van der Waals surface area contributed by atoms with Gasteiger partial charge in [-0.3, -0.25) is 10.1 Å². The molecular weight excluding hydrogens is 196 g/mol. The van der Waals surface area contributed by atoms with Gasteiger partial charge in [-0.05, 0) is 20.3 Å². The summed E-state index contributed by atoms with van der Waals surface area (Å²) in [7, 11) is 0. The Kier molecular flexibility index (Phi) is 4.23. The minimum absolute atomic E-state index is 0.142. The number of carbonyl (C=O) groups excluding carboxylic acids is 1. The second-order valence-electron chi connectivity index (χ2n) is 3.39. The highest BCUT2D eigenvalue weighted by atomic mass is 16.5. The molecule has 1 aromatic heterocycles. The van der Waals surface area contributed by atoms with E-state index in [0.717, 1.165) is 6.42 Å². The average molecular weight is 212 g/mol. The van der Waals surface area contributed by atoms with Gasteiger partial charge in [-0.2, -0.15) is 4.98 Å². The molecule has 6 nitrogen and oxygen atoms in total. The zero-order valence-corrected chi connectivity index (χ0v) is 9.20. The van der Waals surface area contributed by atoms with Crippen LogP contribution in [0.15, 0.2) is 4.52 Å². The number of carbonyl (C=O) groups is 1. The largest absolute Gasteiger partial charge is 0.328 e. The van der Waals surface area contributed by atoms with Gasteiger partial charge < -0.3 is 9.84 Å². The quantitative estimate of drug-likeness (QED) is 0.751. The van der Waals surface area contributed by atoms with Crippen molar-refractivity contribution < 1.29 is 9.32 Å². The summed E-state index contributed by atoms with van der Waals surface area (Å²) >= 11 is 0. The van der Waals surface area contributed by atoms with E-state index in [9.17, 15) is 4.79 Å². The summed E-state index contributed by atoms with van der Waals surface area (Å²) in [6.07, 6.45) is 0.979. The number of hydrogen-bond acceptors (Lipinski definition) is 5. The summed E-state index contributed by atoms with van der Waals surface area (Å²) in [5.74, 6) is 0.319. The van der Waals surface area contributed by atoms with E-state index < -0.39 is 0 Å². The number of rotatable bonds is 5. The smallest absolute Gasteiger partial charge is 0.315 e. The Bertz CT molecular complexity index is 324. The molecule has 1 aromatic rings. The van der Waals surface area contributed by atoms with Crippen molar-refractivity contribution in [1.82, 2.24) is 15.5 Å². The minimum Gasteiger partial charge on any atom is -0.315 e. The molecule has 0 fully saturated rings. The van der Waals surface area contributed by atoms with E-state index in [-0.39, 0.29) is 18.5 Å². The van der Waals surface area contributed by atoms with Crippen LogP contribution in [0.2, 0.25) is 0 Å². The molecule has 0 aliphatic heterocycles. The van der Waals surface area contributed by atoms with Gasteiger partial charge in [0.2, 0.25) is 5.91 Å². The average Bonchev–Trinajstić information content (AvgIpc) is 2.60. The molecule has 84 valence electrons. The van der Waals surface area contributed by atoms with Crippen LogP contribution in [0.4, 0.5) is 6.01 Å². The molecule has 1 unspecified atom stereocenters. The van der Waals surface area contributed by atoms with Crippen LogP contribution in [0.3, 0.4) is 0 Å². The summed E-state index contributed by atoms with van der Waals surface area (Å²) in [5, 5.41) is 9.12. The SMILES string of the molecule is CCC(C)NCC(=O)Nc1nc(C)no1. The molecule has 0 radical (unpaired) electrons. The van der Waals surface area contributed by atoms with Crippen LogP contribution in [0, 0.1) is 6.92 Å². The molecule has 6 heteroatoms. The van der Waals surface area contributed by atoms with Crippen LogP contribution in [-0.4, -0.2) is 28.6 Å². The summed E-state index contributed by atoms with van der Waals surface area (Å²) in [4.78, 5) is 15.2. The molecule has 1 heterocycles. The number of nitrogens with one attached hydrogen (secondary N) is 2. The van der Waals surface area contributed by atoms with Crippen LogP contribution in [-0.2, 0) is 4.79 Å². The van der Waals surface area contributed by atoms with E-state index >= 15 is 0 Å². The van der Waals surface area contributed by atoms with Crippen LogP contribution >= 0.6 is 0 Å². The van der Waals surface area contributed by atoms with Crippen molar-refractivity contribution in [3.05, 3.63) is 5.82 Å². The maximum absolute atomic E-state index is 11.3. The summed E-state index contributed by atoms with van der Waals surface area (Å²) in [6, 6.07) is 0.462. The maximum atomic E-state index is 11.3. The van der Waals surface area contributed by atoms with Gasteiger partial charge >= 0.3 is 6.01 Å². The third-order valence-corrected chi connectivity index (χ3v) is 2.00. The maximum Gasteiger partial charge on any atom is 0.328 e. The number of aryl methyl sites for hydroxylation is 1. The Labute approximate surface area is 88.4 Å². The van der Waals surface area contributed by atoms with Crippen LogP contribution in [0.25, 0.3) is 0 Å². The fraction of sp³-hybridized carbons (Fsp3) is 0.667. The van der Waals surface area contributed by atoms with Gasteiger partial charge in [0.1, 0.15) is 0 Å². The molecule has 0 bridgehead atoms. The number of nitrogens with zero attached hydrogens (tertiary/aromatic N) is 2. The predicted octanol–water partition coefficient (Wildman–Crippen LogP) is 0.705. The highest BCUT2D eigenvalue weighted by Gasteiger charge is 2.08. The number of amides is 1. The van der Waals surface area contributed by atoms with Gasteiger partial charge in [-0.1, -0.05) is 12.1 Å². The Morgan fingerprint density at radius 3 is 2.87 bits per heavy atom. The summed E-state index contributed by atoms with van der Waals surface area (Å²) in [5.41, 5.74) is 0. The van der Waals surface area contributed by atoms with E-state index in [0.29, 0.717) is 11.9 Å². The first-order chi connectivity index (χ1) is 7.11. The van der Waals surface area contributed by atoms with Gasteiger partial charge in [0.15, 0.2) is 5.82 Å². The predicted molar refractivity (Wildman–Crippen MR) is 55.4 cm³/mol. The number of hydrogen-bond donors (Lipinski definition) is 2. The highest BCUT2D eigenvalue weighted by molar-refractivity contribution is 5.90. The zero-order chi connectivity index (χ0) is 11.3. The van der Waals surface area contributed by atoms with Crippen molar-refractivity contribution >= 4 is 11.9 Å². The van der Waals surface area contributed by atoms with Crippen molar-refractivity contribution in [3.63, 3.8) is 0 Å². The molecule has 15 heavy (non-hydrogen) atoms. The van der Waals surface area contributed by atoms with Crippen molar-refractivity contribution in [2.75, 3.05) is 11.9 Å². The Morgan fingerprint density at radius 1 is 1.60 bits per heavy atom. The molecule has 0 aromatic carbocycles. The summed E-state index contributed by atoms with van der Waals surface area (Å²) < 4.78 is 4.75. The Morgan fingerprint density at radius 2 is 2.33 bits per heavy atom. The van der Waals surface area contributed by atoms with Crippen LogP contribution in [0.5, 0.6) is 0 Å². The van der Waals surface area contributed by atoms with Gasteiger partial charge in [0, 0.05) is 6.04 Å². The molecule has 1 atom stereocenters. The fourth-order valence-electron chi connectivity index (χ4n) is 0.923. The second kappa shape index (κ2) is 5.45. The monoisotopic (exact) mass is 212 g/mol. The minimum atomic E-state index is -0.182. The normalized spacial score (nSPS) is 12.5. The highest BCUT2D eigenvalue weighted by Crippen LogP contribution is 2.01. The Balaban J connectivity index is 2.30. The van der Waals surface area contributed by atoms with Crippen molar-refractivity contribution in [2.45, 2.75) is 33.2 Å². The van der Waals surface area contributed by atoms with Crippen molar-refractivity contribution in [3.8, 4) is 0 Å². The zero-order valence-electron chi connectivity index (χ0n) is 9.20. The molecule has 0 saturated carbocycles. The lowest BCUT2D eigenvalue weighted by Crippen LogP contribution is -2.34. The molecule has 1 rings (SSSR count). The molecule has 2 N–H and O–H groups in total. The topological polar surface area (TPSA) is 80.0 Å². The van der Waals surface area contributed by atoms with Gasteiger partial charge in [-0.25, -0.2) is 0 Å². The molecule has 0 spiro atoms. The molecular formula is C9H16N4O2. The van der Waals surface area contributed by atoms with Gasteiger partial charge in [0.25, 0.3) is 0 Å². The first-order valence-electron chi connectivity index (χ1n) is 4.95. The molecule has 0 saturated heterocycles. The van der Waals surface area contributed by atoms with Crippen molar-refractivity contribution in [2.24, 2.45) is 0 Å². The van der Waals surface area contributed by atoms with Gasteiger partial charge in [-0.15, -0.1) is 0 Å². The van der Waals surface area contributed by atoms with Crippen molar-refractivity contribution in [1.29, 1.82) is 0 Å². The van der Waals surface area contributed by atoms with E-state index in [2.05, 4.69) is 27.7 Å². The van der Waals surface area contributed by atoms with Gasteiger partial charge in [0.05, 0.1) is 6.54 Å².